The molecule has 0 spiro atoms. The third kappa shape index (κ3) is 7.84. The van der Waals surface area contributed by atoms with Crippen molar-refractivity contribution >= 4 is 11.4 Å². The molecule has 0 radical (unpaired) electrons. The molecule has 2 aromatic carbocycles. The predicted molar refractivity (Wildman–Crippen MR) is 130 cm³/mol. The molecule has 3 N–H and O–H groups in total. The number of hydrogen-bond acceptors (Lipinski definition) is 5. The third-order valence-corrected chi connectivity index (χ3v) is 6.27. The Kier molecular flexibility index (Phi) is 9.66. The van der Waals surface area contributed by atoms with E-state index in [4.69, 9.17) is 9.84 Å². The largest absolute Gasteiger partial charge is 0.396 e. The molecule has 2 atom stereocenters. The van der Waals surface area contributed by atoms with Gasteiger partial charge in [0.25, 0.3) is 0 Å². The first-order chi connectivity index (χ1) is 15.2. The first-order valence-electron chi connectivity index (χ1n) is 11.7. The summed E-state index contributed by atoms with van der Waals surface area (Å²) in [5, 5.41) is 15.7. The monoisotopic (exact) mass is 425 g/mol. The van der Waals surface area contributed by atoms with Gasteiger partial charge in [0.2, 0.25) is 0 Å². The molecule has 2 unspecified atom stereocenters. The normalized spacial score (nSPS) is 21.5. The molecule has 5 heteroatoms. The second-order valence-corrected chi connectivity index (χ2v) is 8.64. The van der Waals surface area contributed by atoms with Crippen LogP contribution in [0.2, 0.25) is 0 Å². The van der Waals surface area contributed by atoms with Gasteiger partial charge in [0.05, 0.1) is 13.2 Å². The average Bonchev–Trinajstić information content (AvgIpc) is 2.81. The number of benzene rings is 2. The van der Waals surface area contributed by atoms with E-state index in [9.17, 15) is 0 Å². The van der Waals surface area contributed by atoms with E-state index in [2.05, 4.69) is 71.0 Å². The van der Waals surface area contributed by atoms with Gasteiger partial charge in [-0.3, -0.25) is 4.90 Å². The minimum Gasteiger partial charge on any atom is -0.396 e. The second-order valence-electron chi connectivity index (χ2n) is 8.64. The highest BCUT2D eigenvalue weighted by Gasteiger charge is 2.13. The van der Waals surface area contributed by atoms with Crippen molar-refractivity contribution < 1.29 is 9.84 Å². The van der Waals surface area contributed by atoms with Crippen molar-refractivity contribution in [3.05, 3.63) is 59.7 Å². The van der Waals surface area contributed by atoms with Gasteiger partial charge in [-0.1, -0.05) is 37.6 Å². The number of fused-ring (bicyclic) bond motifs is 7. The summed E-state index contributed by atoms with van der Waals surface area (Å²) in [6.45, 7) is 7.44. The van der Waals surface area contributed by atoms with E-state index < -0.39 is 0 Å². The molecular formula is C26H39N3O2. The summed E-state index contributed by atoms with van der Waals surface area (Å²) in [4.78, 5) is 2.43. The summed E-state index contributed by atoms with van der Waals surface area (Å²) >= 11 is 0. The maximum atomic E-state index is 9.04. The van der Waals surface area contributed by atoms with Crippen LogP contribution in [0.5, 0.6) is 0 Å². The molecule has 2 aromatic rings. The number of hydrogen-bond donors (Lipinski definition) is 3. The molecule has 3 aliphatic heterocycles. The van der Waals surface area contributed by atoms with E-state index >= 15 is 0 Å². The van der Waals surface area contributed by atoms with Crippen LogP contribution in [0.4, 0.5) is 11.4 Å². The highest BCUT2D eigenvalue weighted by Crippen LogP contribution is 2.26. The van der Waals surface area contributed by atoms with Crippen LogP contribution in [0.15, 0.2) is 48.5 Å². The van der Waals surface area contributed by atoms with Gasteiger partial charge in [0.15, 0.2) is 0 Å². The molecule has 1 fully saturated rings. The van der Waals surface area contributed by atoms with Crippen molar-refractivity contribution in [1.29, 1.82) is 0 Å². The number of aliphatic hydroxyl groups excluding tert-OH is 1. The van der Waals surface area contributed by atoms with Gasteiger partial charge >= 0.3 is 0 Å². The smallest absolute Gasteiger partial charge is 0.0594 e. The molecule has 1 saturated heterocycles. The maximum absolute atomic E-state index is 9.04. The highest BCUT2D eigenvalue weighted by molar-refractivity contribution is 5.46. The standard InChI is InChI=1S/C14H21NO.C12H18N2O/c1-11-3-2-4-13(9-10-16)15-14-7-5-12(11)6-8-14;1-13-12-4-2-11(3-5-12)10-14-6-8-15-9-7-14/h5-8,11,13,15-16H,2-4,9-10H2,1H3;2-5,13H,6-10H2,1H3. The van der Waals surface area contributed by atoms with Crippen LogP contribution in [0.1, 0.15) is 49.7 Å². The molecule has 5 rings (SSSR count). The number of morpholine rings is 1. The Morgan fingerprint density at radius 3 is 2.39 bits per heavy atom. The Morgan fingerprint density at radius 2 is 1.74 bits per heavy atom. The van der Waals surface area contributed by atoms with Crippen molar-refractivity contribution in [1.82, 2.24) is 4.90 Å². The van der Waals surface area contributed by atoms with Crippen LogP contribution in [0, 0.1) is 0 Å². The Bertz CT molecular complexity index is 742. The quantitative estimate of drug-likeness (QED) is 0.648. The summed E-state index contributed by atoms with van der Waals surface area (Å²) in [7, 11) is 1.94. The average molecular weight is 426 g/mol. The number of ether oxygens (including phenoxy) is 1. The maximum Gasteiger partial charge on any atom is 0.0594 e. The lowest BCUT2D eigenvalue weighted by molar-refractivity contribution is 0.0342. The zero-order valence-corrected chi connectivity index (χ0v) is 19.1. The van der Waals surface area contributed by atoms with Gasteiger partial charge in [-0.15, -0.1) is 0 Å². The van der Waals surface area contributed by atoms with Gasteiger partial charge in [-0.05, 0) is 60.6 Å². The molecule has 0 aliphatic carbocycles. The first kappa shape index (κ1) is 23.6. The van der Waals surface area contributed by atoms with Crippen LogP contribution in [-0.4, -0.2) is 56.0 Å². The first-order valence-corrected chi connectivity index (χ1v) is 11.7. The predicted octanol–water partition coefficient (Wildman–Crippen LogP) is 4.70. The van der Waals surface area contributed by atoms with Gasteiger partial charge < -0.3 is 20.5 Å². The summed E-state index contributed by atoms with van der Waals surface area (Å²) in [5.74, 6) is 0.655. The van der Waals surface area contributed by atoms with E-state index in [0.717, 1.165) is 45.7 Å². The lowest BCUT2D eigenvalue weighted by atomic mass is 9.92. The van der Waals surface area contributed by atoms with Crippen molar-refractivity contribution in [2.75, 3.05) is 50.6 Å². The molecule has 0 amide bonds. The number of nitrogens with one attached hydrogen (secondary N) is 2. The fourth-order valence-electron chi connectivity index (χ4n) is 4.22. The van der Waals surface area contributed by atoms with E-state index in [1.54, 1.807) is 0 Å². The Morgan fingerprint density at radius 1 is 1.03 bits per heavy atom. The number of anilines is 2. The molecule has 5 nitrogen and oxygen atoms in total. The second kappa shape index (κ2) is 12.7. The summed E-state index contributed by atoms with van der Waals surface area (Å²) in [6.07, 6.45) is 4.47. The van der Waals surface area contributed by atoms with Crippen molar-refractivity contribution in [3.63, 3.8) is 0 Å². The number of nitrogens with zero attached hydrogens (tertiary/aromatic N) is 1. The molecule has 31 heavy (non-hydrogen) atoms. The topological polar surface area (TPSA) is 56.8 Å². The van der Waals surface area contributed by atoms with Crippen molar-refractivity contribution in [2.45, 2.75) is 51.1 Å². The Balaban J connectivity index is 0.000000176. The molecule has 3 heterocycles. The van der Waals surface area contributed by atoms with E-state index in [0.29, 0.717) is 12.0 Å². The minimum absolute atomic E-state index is 0.269. The van der Waals surface area contributed by atoms with E-state index in [1.807, 2.05) is 7.05 Å². The summed E-state index contributed by atoms with van der Waals surface area (Å²) in [5.41, 5.74) is 5.15. The van der Waals surface area contributed by atoms with E-state index in [-0.39, 0.29) is 6.61 Å². The Hall–Kier alpha value is -2.08. The fraction of sp³-hybridized carbons (Fsp3) is 0.538. The van der Waals surface area contributed by atoms with Crippen LogP contribution in [0.3, 0.4) is 0 Å². The lowest BCUT2D eigenvalue weighted by Gasteiger charge is -2.26. The SMILES string of the molecule is CC1CCCC(CCO)Nc2ccc1cc2.CNc1ccc(CN2CCOCC2)cc1. The summed E-state index contributed by atoms with van der Waals surface area (Å²) in [6, 6.07) is 17.8. The van der Waals surface area contributed by atoms with Gasteiger partial charge in [0, 0.05) is 50.7 Å². The summed E-state index contributed by atoms with van der Waals surface area (Å²) < 4.78 is 5.32. The minimum atomic E-state index is 0.269. The molecule has 3 aliphatic rings. The fourth-order valence-corrected chi connectivity index (χ4v) is 4.22. The molecule has 0 saturated carbocycles. The molecule has 170 valence electrons. The van der Waals surface area contributed by atoms with E-state index in [1.165, 1.54) is 35.3 Å². The number of rotatable bonds is 5. The van der Waals surface area contributed by atoms with Crippen LogP contribution < -0.4 is 10.6 Å². The molecule has 0 aromatic heterocycles. The van der Waals surface area contributed by atoms with Crippen LogP contribution in [0.25, 0.3) is 0 Å². The zero-order valence-electron chi connectivity index (χ0n) is 19.1. The van der Waals surface area contributed by atoms with Crippen molar-refractivity contribution in [2.24, 2.45) is 0 Å². The van der Waals surface area contributed by atoms with Gasteiger partial charge in [-0.2, -0.15) is 0 Å². The zero-order chi connectivity index (χ0) is 21.9. The highest BCUT2D eigenvalue weighted by atomic mass is 16.5. The van der Waals surface area contributed by atoms with Crippen LogP contribution >= 0.6 is 0 Å². The van der Waals surface area contributed by atoms with Gasteiger partial charge in [-0.25, -0.2) is 0 Å². The Labute approximate surface area is 187 Å². The van der Waals surface area contributed by atoms with Crippen molar-refractivity contribution in [3.8, 4) is 0 Å². The molecule has 2 bridgehead atoms. The number of aliphatic hydroxyl groups is 1. The van der Waals surface area contributed by atoms with Gasteiger partial charge in [0.1, 0.15) is 0 Å². The third-order valence-electron chi connectivity index (χ3n) is 6.27. The molecular weight excluding hydrogens is 386 g/mol. The lowest BCUT2D eigenvalue weighted by Crippen LogP contribution is -2.35. The van der Waals surface area contributed by atoms with Crippen LogP contribution in [-0.2, 0) is 11.3 Å².